The zero-order chi connectivity index (χ0) is 11.9. The van der Waals surface area contributed by atoms with E-state index >= 15 is 0 Å². The van der Waals surface area contributed by atoms with Crippen LogP contribution in [0.25, 0.3) is 0 Å². The van der Waals surface area contributed by atoms with E-state index in [2.05, 4.69) is 5.32 Å². The van der Waals surface area contributed by atoms with Crippen molar-refractivity contribution in [3.63, 3.8) is 0 Å². The molecule has 3 atom stereocenters. The van der Waals surface area contributed by atoms with Crippen molar-refractivity contribution in [2.45, 2.75) is 44.9 Å². The average Bonchev–Trinajstić information content (AvgIpc) is 2.11. The van der Waals surface area contributed by atoms with Crippen LogP contribution in [0.15, 0.2) is 0 Å². The summed E-state index contributed by atoms with van der Waals surface area (Å²) in [6, 6.07) is 0.0540. The molecule has 0 amide bonds. The summed E-state index contributed by atoms with van der Waals surface area (Å²) in [5.74, 6) is -1.24. The number of carboxylic acids is 1. The quantitative estimate of drug-likeness (QED) is 0.513. The van der Waals surface area contributed by atoms with Gasteiger partial charge in [-0.1, -0.05) is 13.8 Å². The normalized spacial score (nSPS) is 32.9. The molecule has 0 saturated heterocycles. The summed E-state index contributed by atoms with van der Waals surface area (Å²) in [5.41, 5.74) is -2.01. The molecule has 1 fully saturated rings. The van der Waals surface area contributed by atoms with Crippen LogP contribution in [0.3, 0.4) is 0 Å². The fourth-order valence-corrected chi connectivity index (χ4v) is 1.65. The van der Waals surface area contributed by atoms with E-state index in [1.54, 1.807) is 0 Å². The van der Waals surface area contributed by atoms with Gasteiger partial charge in [0.05, 0.1) is 6.10 Å². The Bertz CT molecular complexity index is 262. The smallest absolute Gasteiger partial charge is 0.336 e. The minimum absolute atomic E-state index is 0.0108. The molecule has 15 heavy (non-hydrogen) atoms. The molecule has 1 aliphatic carbocycles. The van der Waals surface area contributed by atoms with Crippen LogP contribution < -0.4 is 5.32 Å². The Balaban J connectivity index is 2.43. The topological polar surface area (TPSA) is 89.8 Å². The van der Waals surface area contributed by atoms with Crippen LogP contribution >= 0.6 is 0 Å². The van der Waals surface area contributed by atoms with Gasteiger partial charge in [0.2, 0.25) is 0 Å². The highest BCUT2D eigenvalue weighted by molar-refractivity contribution is 5.76. The van der Waals surface area contributed by atoms with Crippen LogP contribution in [-0.2, 0) is 4.79 Å². The molecule has 5 nitrogen and oxygen atoms in total. The molecule has 0 aliphatic heterocycles. The highest BCUT2D eigenvalue weighted by atomic mass is 16.4. The Morgan fingerprint density at radius 3 is 2.47 bits per heavy atom. The van der Waals surface area contributed by atoms with Crippen molar-refractivity contribution in [2.24, 2.45) is 5.41 Å². The van der Waals surface area contributed by atoms with E-state index < -0.39 is 11.6 Å². The van der Waals surface area contributed by atoms with E-state index in [1.807, 2.05) is 13.8 Å². The van der Waals surface area contributed by atoms with Gasteiger partial charge in [0, 0.05) is 18.0 Å². The maximum absolute atomic E-state index is 10.6. The maximum atomic E-state index is 10.6. The Hall–Kier alpha value is -0.650. The number of aliphatic hydroxyl groups is 2. The minimum atomic E-state index is -1.75. The van der Waals surface area contributed by atoms with Gasteiger partial charge in [-0.3, -0.25) is 0 Å². The molecular formula is C10H19NO4. The van der Waals surface area contributed by atoms with Crippen LogP contribution in [0.2, 0.25) is 0 Å². The fourth-order valence-electron chi connectivity index (χ4n) is 1.65. The van der Waals surface area contributed by atoms with Crippen molar-refractivity contribution in [2.75, 3.05) is 6.54 Å². The van der Waals surface area contributed by atoms with Gasteiger partial charge < -0.3 is 20.6 Å². The molecule has 1 saturated carbocycles. The molecule has 88 valence electrons. The van der Waals surface area contributed by atoms with Gasteiger partial charge in [0.15, 0.2) is 5.60 Å². The maximum Gasteiger partial charge on any atom is 0.336 e. The molecule has 3 unspecified atom stereocenters. The van der Waals surface area contributed by atoms with Crippen molar-refractivity contribution in [1.29, 1.82) is 0 Å². The summed E-state index contributed by atoms with van der Waals surface area (Å²) in [4.78, 5) is 10.6. The zero-order valence-electron chi connectivity index (χ0n) is 9.32. The fraction of sp³-hybridized carbons (Fsp3) is 0.900. The van der Waals surface area contributed by atoms with Crippen molar-refractivity contribution in [1.82, 2.24) is 5.32 Å². The molecule has 0 aromatic rings. The Labute approximate surface area is 89.1 Å². The second kappa shape index (κ2) is 3.73. The molecule has 5 heteroatoms. The molecular weight excluding hydrogens is 198 g/mol. The van der Waals surface area contributed by atoms with Crippen LogP contribution in [0, 0.1) is 5.41 Å². The lowest BCUT2D eigenvalue weighted by molar-refractivity contribution is -0.157. The van der Waals surface area contributed by atoms with Gasteiger partial charge in [0.1, 0.15) is 0 Å². The van der Waals surface area contributed by atoms with Crippen molar-refractivity contribution in [3.05, 3.63) is 0 Å². The first kappa shape index (κ1) is 12.4. The number of nitrogens with one attached hydrogen (secondary N) is 1. The third-order valence-corrected chi connectivity index (χ3v) is 3.37. The highest BCUT2D eigenvalue weighted by Gasteiger charge is 2.47. The van der Waals surface area contributed by atoms with E-state index in [1.165, 1.54) is 6.92 Å². The lowest BCUT2D eigenvalue weighted by atomic mass is 9.64. The van der Waals surface area contributed by atoms with Gasteiger partial charge in [-0.15, -0.1) is 0 Å². The molecule has 0 heterocycles. The minimum Gasteiger partial charge on any atom is -0.479 e. The molecule has 0 bridgehead atoms. The first-order chi connectivity index (χ1) is 6.68. The van der Waals surface area contributed by atoms with Crippen LogP contribution in [0.1, 0.15) is 27.2 Å². The Kier molecular flexibility index (Phi) is 3.09. The van der Waals surface area contributed by atoms with Gasteiger partial charge >= 0.3 is 5.97 Å². The van der Waals surface area contributed by atoms with Crippen LogP contribution in [-0.4, -0.2) is 45.6 Å². The summed E-state index contributed by atoms with van der Waals surface area (Å²) >= 11 is 0. The zero-order valence-corrected chi connectivity index (χ0v) is 9.32. The van der Waals surface area contributed by atoms with Gasteiger partial charge in [0.25, 0.3) is 0 Å². The number of hydrogen-bond donors (Lipinski definition) is 4. The third-order valence-electron chi connectivity index (χ3n) is 3.37. The van der Waals surface area contributed by atoms with E-state index in [0.717, 1.165) is 0 Å². The van der Waals surface area contributed by atoms with Crippen molar-refractivity contribution < 1.29 is 20.1 Å². The summed E-state index contributed by atoms with van der Waals surface area (Å²) in [6.07, 6.45) is 0.243. The van der Waals surface area contributed by atoms with Crippen molar-refractivity contribution >= 4 is 5.97 Å². The molecule has 0 spiro atoms. The van der Waals surface area contributed by atoms with Crippen molar-refractivity contribution in [3.8, 4) is 0 Å². The van der Waals surface area contributed by atoms with Crippen LogP contribution in [0.5, 0.6) is 0 Å². The standard InChI is InChI=1S/C10H19NO4/c1-9(2)6(4-7(9)12)11-5-10(3,15)8(13)14/h6-7,11-12,15H,4-5H2,1-3H3,(H,13,14). The third kappa shape index (κ3) is 2.30. The molecule has 4 N–H and O–H groups in total. The lowest BCUT2D eigenvalue weighted by Crippen LogP contribution is -2.62. The van der Waals surface area contributed by atoms with Crippen LogP contribution in [0.4, 0.5) is 0 Å². The number of hydrogen-bond acceptors (Lipinski definition) is 4. The second-order valence-corrected chi connectivity index (χ2v) is 5.09. The molecule has 1 rings (SSSR count). The number of carboxylic acid groups (broad SMARTS) is 1. The van der Waals surface area contributed by atoms with Gasteiger partial charge in [-0.25, -0.2) is 4.79 Å². The van der Waals surface area contributed by atoms with E-state index in [0.29, 0.717) is 6.42 Å². The number of carbonyl (C=O) groups is 1. The summed E-state index contributed by atoms with van der Waals surface area (Å²) in [6.45, 7) is 5.07. The summed E-state index contributed by atoms with van der Waals surface area (Å²) in [7, 11) is 0. The lowest BCUT2D eigenvalue weighted by Gasteiger charge is -2.50. The number of aliphatic carboxylic acids is 1. The molecule has 0 aromatic carbocycles. The highest BCUT2D eigenvalue weighted by Crippen LogP contribution is 2.40. The number of aliphatic hydroxyl groups excluding tert-OH is 1. The average molecular weight is 217 g/mol. The number of rotatable bonds is 4. The Morgan fingerprint density at radius 1 is 1.60 bits per heavy atom. The van der Waals surface area contributed by atoms with E-state index in [9.17, 15) is 15.0 Å². The first-order valence-corrected chi connectivity index (χ1v) is 5.05. The Morgan fingerprint density at radius 2 is 2.13 bits per heavy atom. The van der Waals surface area contributed by atoms with Gasteiger partial charge in [-0.2, -0.15) is 0 Å². The summed E-state index contributed by atoms with van der Waals surface area (Å²) in [5, 5.41) is 30.6. The first-order valence-electron chi connectivity index (χ1n) is 5.05. The SMILES string of the molecule is CC(O)(CNC1CC(O)C1(C)C)C(=O)O. The predicted octanol–water partition coefficient (Wildman–Crippen LogP) is -0.429. The van der Waals surface area contributed by atoms with Gasteiger partial charge in [-0.05, 0) is 13.3 Å². The monoisotopic (exact) mass is 217 g/mol. The van der Waals surface area contributed by atoms with E-state index in [-0.39, 0.29) is 24.1 Å². The second-order valence-electron chi connectivity index (χ2n) is 5.09. The predicted molar refractivity (Wildman–Crippen MR) is 54.5 cm³/mol. The summed E-state index contributed by atoms with van der Waals surface area (Å²) < 4.78 is 0. The molecule has 0 aromatic heterocycles. The molecule has 0 radical (unpaired) electrons. The largest absolute Gasteiger partial charge is 0.479 e. The molecule has 1 aliphatic rings. The van der Waals surface area contributed by atoms with E-state index in [4.69, 9.17) is 5.11 Å².